The first-order valence-corrected chi connectivity index (χ1v) is 14.9. The summed E-state index contributed by atoms with van der Waals surface area (Å²) < 4.78 is 22.0. The standard InChI is InChI=1S/C31H50O7/c1-4-5-6-11-26(38-31(34)37-25-12-7-8-13-25)18-15-22(2)28(32)20-23-16-17-24-10-9-14-29(27(24)19-23)36-21-30(33)35-3/h9-10,14,22-23,25-26,28,30,32-33H,4-8,11-13,15-21H2,1-3H3/t22-,23-,26-,28+,30?/m0/s1. The lowest BCUT2D eigenvalue weighted by Gasteiger charge is -2.30. The van der Waals surface area contributed by atoms with Gasteiger partial charge in [0.05, 0.1) is 6.10 Å². The highest BCUT2D eigenvalue weighted by molar-refractivity contribution is 5.60. The molecular formula is C31H50O7. The number of aliphatic hydroxyl groups is 2. The average Bonchev–Trinajstić information content (AvgIpc) is 3.42. The first kappa shape index (κ1) is 30.7. The average molecular weight is 535 g/mol. The Morgan fingerprint density at radius 2 is 1.87 bits per heavy atom. The fourth-order valence-corrected chi connectivity index (χ4v) is 5.80. The molecule has 7 heteroatoms. The smallest absolute Gasteiger partial charge is 0.488 e. The Morgan fingerprint density at radius 3 is 2.61 bits per heavy atom. The van der Waals surface area contributed by atoms with Crippen molar-refractivity contribution in [3.8, 4) is 5.75 Å². The molecule has 0 radical (unpaired) electrons. The van der Waals surface area contributed by atoms with Crippen LogP contribution < -0.4 is 4.74 Å². The van der Waals surface area contributed by atoms with E-state index in [0.29, 0.717) is 5.92 Å². The van der Waals surface area contributed by atoms with Crippen molar-refractivity contribution < 1.29 is 34.0 Å². The van der Waals surface area contributed by atoms with Crippen LogP contribution in [0.5, 0.6) is 5.75 Å². The van der Waals surface area contributed by atoms with E-state index in [1.165, 1.54) is 18.2 Å². The van der Waals surface area contributed by atoms with Gasteiger partial charge in [0.2, 0.25) is 0 Å². The zero-order valence-electron chi connectivity index (χ0n) is 23.7. The highest BCUT2D eigenvalue weighted by Gasteiger charge is 2.27. The summed E-state index contributed by atoms with van der Waals surface area (Å²) >= 11 is 0. The van der Waals surface area contributed by atoms with E-state index in [9.17, 15) is 15.0 Å². The number of aryl methyl sites for hydroxylation is 1. The lowest BCUT2D eigenvalue weighted by Crippen LogP contribution is -2.27. The highest BCUT2D eigenvalue weighted by Crippen LogP contribution is 2.35. The maximum atomic E-state index is 12.4. The zero-order chi connectivity index (χ0) is 27.3. The third-order valence-corrected chi connectivity index (χ3v) is 8.33. The monoisotopic (exact) mass is 534 g/mol. The quantitative estimate of drug-likeness (QED) is 0.145. The molecule has 216 valence electrons. The maximum absolute atomic E-state index is 12.4. The molecule has 1 aromatic carbocycles. The van der Waals surface area contributed by atoms with E-state index in [2.05, 4.69) is 19.9 Å². The number of hydrogen-bond acceptors (Lipinski definition) is 7. The Kier molecular flexibility index (Phi) is 13.2. The second-order valence-corrected chi connectivity index (χ2v) is 11.4. The van der Waals surface area contributed by atoms with E-state index in [-0.39, 0.29) is 24.7 Å². The highest BCUT2D eigenvalue weighted by atomic mass is 16.7. The molecule has 0 aliphatic heterocycles. The van der Waals surface area contributed by atoms with Crippen molar-refractivity contribution >= 4 is 6.16 Å². The normalized spacial score (nSPS) is 20.8. The van der Waals surface area contributed by atoms with E-state index < -0.39 is 18.5 Å². The van der Waals surface area contributed by atoms with Gasteiger partial charge in [-0.25, -0.2) is 4.79 Å². The van der Waals surface area contributed by atoms with Gasteiger partial charge >= 0.3 is 6.16 Å². The SMILES string of the molecule is CCCCC[C@@H](CC[C@H](C)[C@H](O)C[C@H]1CCc2cccc(OCC(O)OC)c2C1)OC(=O)OC1CCCC1. The minimum Gasteiger partial charge on any atom is -0.488 e. The van der Waals surface area contributed by atoms with Crippen molar-refractivity contribution in [2.75, 3.05) is 13.7 Å². The molecule has 0 bridgehead atoms. The van der Waals surface area contributed by atoms with Crippen molar-refractivity contribution in [3.05, 3.63) is 29.3 Å². The summed E-state index contributed by atoms with van der Waals surface area (Å²) in [6.45, 7) is 4.36. The van der Waals surface area contributed by atoms with Crippen molar-refractivity contribution in [3.63, 3.8) is 0 Å². The number of ether oxygens (including phenoxy) is 4. The van der Waals surface area contributed by atoms with E-state index in [4.69, 9.17) is 18.9 Å². The lowest BCUT2D eigenvalue weighted by atomic mass is 9.79. The molecule has 1 saturated carbocycles. The molecule has 38 heavy (non-hydrogen) atoms. The number of carbonyl (C=O) groups excluding carboxylic acids is 1. The molecule has 2 N–H and O–H groups in total. The van der Waals surface area contributed by atoms with Crippen LogP contribution in [0.3, 0.4) is 0 Å². The molecule has 0 heterocycles. The van der Waals surface area contributed by atoms with Gasteiger partial charge in [0.25, 0.3) is 0 Å². The van der Waals surface area contributed by atoms with Crippen LogP contribution in [0, 0.1) is 11.8 Å². The fraction of sp³-hybridized carbons (Fsp3) is 0.774. The van der Waals surface area contributed by atoms with Crippen LogP contribution in [0.4, 0.5) is 4.79 Å². The molecular weight excluding hydrogens is 484 g/mol. The predicted molar refractivity (Wildman–Crippen MR) is 147 cm³/mol. The molecule has 0 aromatic heterocycles. The summed E-state index contributed by atoms with van der Waals surface area (Å²) in [5.41, 5.74) is 2.46. The molecule has 0 spiro atoms. The maximum Gasteiger partial charge on any atom is 0.508 e. The molecule has 1 aromatic rings. The first-order chi connectivity index (χ1) is 18.4. The molecule has 5 atom stereocenters. The predicted octanol–water partition coefficient (Wildman–Crippen LogP) is 6.35. The summed E-state index contributed by atoms with van der Waals surface area (Å²) in [5.74, 6) is 1.28. The Hall–Kier alpha value is -1.83. The van der Waals surface area contributed by atoms with Crippen LogP contribution in [-0.2, 0) is 27.1 Å². The Morgan fingerprint density at radius 1 is 1.08 bits per heavy atom. The molecule has 2 aliphatic carbocycles. The van der Waals surface area contributed by atoms with Crippen LogP contribution >= 0.6 is 0 Å². The van der Waals surface area contributed by atoms with E-state index >= 15 is 0 Å². The minimum atomic E-state index is -0.952. The lowest BCUT2D eigenvalue weighted by molar-refractivity contribution is -0.0969. The third kappa shape index (κ3) is 10.0. The van der Waals surface area contributed by atoms with Crippen LogP contribution in [0.2, 0.25) is 0 Å². The molecule has 1 fully saturated rings. The largest absolute Gasteiger partial charge is 0.508 e. The van der Waals surface area contributed by atoms with Crippen molar-refractivity contribution in [1.29, 1.82) is 0 Å². The van der Waals surface area contributed by atoms with E-state index in [0.717, 1.165) is 95.6 Å². The molecule has 7 nitrogen and oxygen atoms in total. The Labute approximate surface area is 229 Å². The number of carbonyl (C=O) groups is 1. The van der Waals surface area contributed by atoms with Gasteiger partial charge in [-0.3, -0.25) is 0 Å². The van der Waals surface area contributed by atoms with E-state index in [1.807, 2.05) is 12.1 Å². The number of methoxy groups -OCH3 is 1. The second kappa shape index (κ2) is 16.3. The van der Waals surface area contributed by atoms with Gasteiger partial charge in [-0.05, 0) is 106 Å². The molecule has 0 amide bonds. The van der Waals surface area contributed by atoms with Gasteiger partial charge in [0.1, 0.15) is 24.6 Å². The van der Waals surface area contributed by atoms with Gasteiger partial charge in [-0.1, -0.05) is 38.8 Å². The number of benzene rings is 1. The van der Waals surface area contributed by atoms with Gasteiger partial charge in [0.15, 0.2) is 6.29 Å². The summed E-state index contributed by atoms with van der Waals surface area (Å²) in [6, 6.07) is 6.08. The van der Waals surface area contributed by atoms with Gasteiger partial charge in [0, 0.05) is 7.11 Å². The zero-order valence-corrected chi connectivity index (χ0v) is 23.7. The minimum absolute atomic E-state index is 0.0103. The Balaban J connectivity index is 1.48. The van der Waals surface area contributed by atoms with Gasteiger partial charge in [-0.2, -0.15) is 0 Å². The number of aliphatic hydroxyl groups excluding tert-OH is 2. The van der Waals surface area contributed by atoms with Gasteiger partial charge < -0.3 is 29.2 Å². The number of unbranched alkanes of at least 4 members (excludes halogenated alkanes) is 2. The van der Waals surface area contributed by atoms with E-state index in [1.54, 1.807) is 0 Å². The van der Waals surface area contributed by atoms with Gasteiger partial charge in [-0.15, -0.1) is 0 Å². The summed E-state index contributed by atoms with van der Waals surface area (Å²) in [6.07, 6.45) is 11.3. The van der Waals surface area contributed by atoms with Crippen LogP contribution in [0.1, 0.15) is 102 Å². The van der Waals surface area contributed by atoms with Crippen LogP contribution in [0.25, 0.3) is 0 Å². The first-order valence-electron chi connectivity index (χ1n) is 14.9. The van der Waals surface area contributed by atoms with Crippen LogP contribution in [-0.4, -0.2) is 54.7 Å². The summed E-state index contributed by atoms with van der Waals surface area (Å²) in [7, 11) is 1.45. The molecule has 2 aliphatic rings. The molecule has 1 unspecified atom stereocenters. The number of rotatable bonds is 16. The summed E-state index contributed by atoms with van der Waals surface area (Å²) in [5, 5.41) is 20.8. The number of fused-ring (bicyclic) bond motifs is 1. The number of hydrogen-bond donors (Lipinski definition) is 2. The second-order valence-electron chi connectivity index (χ2n) is 11.4. The topological polar surface area (TPSA) is 94.5 Å². The Bertz CT molecular complexity index is 822. The van der Waals surface area contributed by atoms with Crippen LogP contribution in [0.15, 0.2) is 18.2 Å². The van der Waals surface area contributed by atoms with Crippen molar-refractivity contribution in [1.82, 2.24) is 0 Å². The molecule has 0 saturated heterocycles. The molecule has 3 rings (SSSR count). The van der Waals surface area contributed by atoms with Crippen molar-refractivity contribution in [2.24, 2.45) is 11.8 Å². The van der Waals surface area contributed by atoms with Crippen molar-refractivity contribution in [2.45, 2.75) is 128 Å². The third-order valence-electron chi connectivity index (χ3n) is 8.33. The fourth-order valence-electron chi connectivity index (χ4n) is 5.80. The summed E-state index contributed by atoms with van der Waals surface area (Å²) in [4.78, 5) is 12.4.